The van der Waals surface area contributed by atoms with Crippen LogP contribution in [0.25, 0.3) is 11.8 Å². The predicted octanol–water partition coefficient (Wildman–Crippen LogP) is 5.33. The largest absolute Gasteiger partial charge is 0.318 e. The van der Waals surface area contributed by atoms with Crippen molar-refractivity contribution in [3.05, 3.63) is 80.8 Å². The van der Waals surface area contributed by atoms with Gasteiger partial charge in [0.05, 0.1) is 5.57 Å². The summed E-state index contributed by atoms with van der Waals surface area (Å²) in [5, 5.41) is 18.0. The first-order valence-corrected chi connectivity index (χ1v) is 11.9. The molecule has 0 unspecified atom stereocenters. The summed E-state index contributed by atoms with van der Waals surface area (Å²) in [5.41, 5.74) is 5.48. The van der Waals surface area contributed by atoms with Gasteiger partial charge in [-0.2, -0.15) is 15.1 Å². The Morgan fingerprint density at radius 1 is 1.12 bits per heavy atom. The van der Waals surface area contributed by atoms with E-state index in [1.165, 1.54) is 27.2 Å². The fourth-order valence-corrected chi connectivity index (χ4v) is 5.55. The van der Waals surface area contributed by atoms with Gasteiger partial charge >= 0.3 is 0 Å². The molecule has 2 aromatic heterocycles. The Labute approximate surface area is 194 Å². The van der Waals surface area contributed by atoms with Crippen molar-refractivity contribution in [2.75, 3.05) is 0 Å². The Balaban J connectivity index is 1.47. The number of carbonyl (C=O) groups is 1. The molecule has 6 nitrogen and oxygen atoms in total. The normalized spacial score (nSPS) is 17.1. The van der Waals surface area contributed by atoms with Crippen LogP contribution in [0.4, 0.5) is 0 Å². The van der Waals surface area contributed by atoms with Crippen molar-refractivity contribution in [3.63, 3.8) is 0 Å². The summed E-state index contributed by atoms with van der Waals surface area (Å²) < 4.78 is 2.15. The predicted molar refractivity (Wildman–Crippen MR) is 133 cm³/mol. The van der Waals surface area contributed by atoms with Gasteiger partial charge in [-0.05, 0) is 73.8 Å². The molecule has 3 aromatic rings. The lowest BCUT2D eigenvalue weighted by molar-refractivity contribution is -0.114. The van der Waals surface area contributed by atoms with E-state index in [1.54, 1.807) is 17.4 Å². The number of nitrogens with zero attached hydrogens (tertiary/aromatic N) is 4. The number of amidine groups is 2. The van der Waals surface area contributed by atoms with Crippen molar-refractivity contribution in [3.8, 4) is 5.69 Å². The van der Waals surface area contributed by atoms with Gasteiger partial charge in [-0.25, -0.2) is 0 Å². The number of nitrogens with one attached hydrogen (secondary N) is 1. The number of carbonyl (C=O) groups excluding carboxylic acids is 1. The lowest BCUT2D eigenvalue weighted by Gasteiger charge is -2.20. The molecule has 8 heteroatoms. The number of aryl methyl sites for hydroxylation is 2. The second kappa shape index (κ2) is 8.03. The van der Waals surface area contributed by atoms with Crippen molar-refractivity contribution in [1.29, 1.82) is 5.41 Å². The topological polar surface area (TPSA) is 73.8 Å². The minimum atomic E-state index is -0.401. The number of benzene rings is 1. The van der Waals surface area contributed by atoms with Crippen LogP contribution in [-0.4, -0.2) is 31.5 Å². The zero-order valence-electron chi connectivity index (χ0n) is 17.9. The first-order valence-electron chi connectivity index (χ1n) is 10.2. The van der Waals surface area contributed by atoms with Gasteiger partial charge in [-0.15, -0.1) is 11.3 Å². The van der Waals surface area contributed by atoms with Gasteiger partial charge in [0.1, 0.15) is 5.04 Å². The van der Waals surface area contributed by atoms with E-state index in [2.05, 4.69) is 51.9 Å². The molecule has 1 N–H and O–H groups in total. The molecule has 2 aliphatic heterocycles. The van der Waals surface area contributed by atoms with Gasteiger partial charge in [-0.3, -0.25) is 10.2 Å². The fourth-order valence-electron chi connectivity index (χ4n) is 3.85. The number of aromatic nitrogens is 1. The zero-order chi connectivity index (χ0) is 22.4. The summed E-state index contributed by atoms with van der Waals surface area (Å²) in [5.74, 6) is -0.338. The molecule has 0 atom stereocenters. The van der Waals surface area contributed by atoms with E-state index >= 15 is 0 Å². The van der Waals surface area contributed by atoms with E-state index in [-0.39, 0.29) is 11.4 Å². The van der Waals surface area contributed by atoms with Crippen molar-refractivity contribution in [2.45, 2.75) is 27.2 Å². The van der Waals surface area contributed by atoms with Gasteiger partial charge in [-0.1, -0.05) is 23.8 Å². The number of hydrazone groups is 1. The van der Waals surface area contributed by atoms with Gasteiger partial charge < -0.3 is 4.57 Å². The second-order valence-corrected chi connectivity index (χ2v) is 9.84. The summed E-state index contributed by atoms with van der Waals surface area (Å²) in [6.07, 6.45) is 2.44. The van der Waals surface area contributed by atoms with Crippen LogP contribution in [0.15, 0.2) is 63.5 Å². The highest BCUT2D eigenvalue weighted by Gasteiger charge is 2.35. The van der Waals surface area contributed by atoms with Crippen molar-refractivity contribution >= 4 is 51.1 Å². The molecule has 5 rings (SSSR count). The van der Waals surface area contributed by atoms with E-state index in [0.717, 1.165) is 27.7 Å². The minimum absolute atomic E-state index is 0.0637. The third-order valence-corrected chi connectivity index (χ3v) is 7.25. The number of aliphatic imine (C=N–C) groups is 1. The van der Waals surface area contributed by atoms with Gasteiger partial charge in [0.2, 0.25) is 5.17 Å². The monoisotopic (exact) mass is 459 g/mol. The average Bonchev–Trinajstić information content (AvgIpc) is 3.47. The molecule has 32 heavy (non-hydrogen) atoms. The maximum Gasteiger partial charge on any atom is 0.283 e. The highest BCUT2D eigenvalue weighted by Crippen LogP contribution is 2.31. The van der Waals surface area contributed by atoms with Gasteiger partial charge in [0.15, 0.2) is 5.84 Å². The van der Waals surface area contributed by atoms with E-state index in [9.17, 15) is 4.79 Å². The summed E-state index contributed by atoms with van der Waals surface area (Å²) in [6, 6.07) is 14.4. The van der Waals surface area contributed by atoms with Gasteiger partial charge in [0.25, 0.3) is 5.91 Å². The third kappa shape index (κ3) is 3.65. The molecule has 0 bridgehead atoms. The molecule has 0 saturated heterocycles. The SMILES string of the molecule is Cc1ccc(-n2c(C)cc(/C=C3\C(=N)N4N=C(Cc5cccs5)SC4=NC3=O)c2C)cc1. The first kappa shape index (κ1) is 20.7. The van der Waals surface area contributed by atoms with Crippen LogP contribution in [0.2, 0.25) is 0 Å². The Bertz CT molecular complexity index is 1330. The smallest absolute Gasteiger partial charge is 0.283 e. The molecule has 0 fully saturated rings. The summed E-state index contributed by atoms with van der Waals surface area (Å²) in [4.78, 5) is 18.2. The lowest BCUT2D eigenvalue weighted by Crippen LogP contribution is -2.35. The van der Waals surface area contributed by atoms with Crippen LogP contribution < -0.4 is 0 Å². The van der Waals surface area contributed by atoms with E-state index in [4.69, 9.17) is 5.41 Å². The van der Waals surface area contributed by atoms with Crippen LogP contribution in [-0.2, 0) is 11.2 Å². The van der Waals surface area contributed by atoms with E-state index < -0.39 is 5.91 Å². The molecule has 2 aliphatic rings. The molecule has 0 spiro atoms. The summed E-state index contributed by atoms with van der Waals surface area (Å²) in [6.45, 7) is 6.13. The fraction of sp³-hybridized carbons (Fsp3) is 0.167. The molecule has 1 aromatic carbocycles. The number of thioether (sulfide) groups is 1. The highest BCUT2D eigenvalue weighted by molar-refractivity contribution is 8.27. The van der Waals surface area contributed by atoms with Crippen LogP contribution in [0.1, 0.15) is 27.4 Å². The quantitative estimate of drug-likeness (QED) is 0.536. The summed E-state index contributed by atoms with van der Waals surface area (Å²) in [7, 11) is 0. The van der Waals surface area contributed by atoms with Crippen molar-refractivity contribution in [1.82, 2.24) is 9.58 Å². The van der Waals surface area contributed by atoms with Crippen molar-refractivity contribution in [2.24, 2.45) is 10.1 Å². The number of fused-ring (bicyclic) bond motifs is 1. The van der Waals surface area contributed by atoms with Crippen molar-refractivity contribution < 1.29 is 4.79 Å². The zero-order valence-corrected chi connectivity index (χ0v) is 19.5. The Morgan fingerprint density at radius 3 is 2.62 bits per heavy atom. The van der Waals surface area contributed by atoms with E-state index in [1.807, 2.05) is 31.4 Å². The van der Waals surface area contributed by atoms with Crippen LogP contribution in [0.3, 0.4) is 0 Å². The molecular weight excluding hydrogens is 438 g/mol. The number of rotatable bonds is 4. The average molecular weight is 460 g/mol. The standard InChI is InChI=1S/C24H21N5OS2/c1-14-6-8-18(9-7-14)28-15(2)11-17(16(28)3)12-20-22(25)29-24(26-23(20)30)32-21(27-29)13-19-5-4-10-31-19/h4-12,25H,13H2,1-3H3/b20-12+,25-22?. The molecule has 0 radical (unpaired) electrons. The molecule has 4 heterocycles. The highest BCUT2D eigenvalue weighted by atomic mass is 32.2. The lowest BCUT2D eigenvalue weighted by atomic mass is 10.1. The molecule has 1 amide bonds. The van der Waals surface area contributed by atoms with Crippen LogP contribution in [0.5, 0.6) is 0 Å². The molecule has 160 valence electrons. The maximum atomic E-state index is 12.8. The molecule has 0 saturated carbocycles. The Hall–Kier alpha value is -3.23. The van der Waals surface area contributed by atoms with Crippen LogP contribution in [0, 0.1) is 26.2 Å². The van der Waals surface area contributed by atoms with E-state index in [0.29, 0.717) is 11.6 Å². The maximum absolute atomic E-state index is 12.8. The summed E-state index contributed by atoms with van der Waals surface area (Å²) >= 11 is 3.02. The first-order chi connectivity index (χ1) is 15.4. The number of amides is 1. The van der Waals surface area contributed by atoms with Crippen LogP contribution >= 0.6 is 23.1 Å². The Kier molecular flexibility index (Phi) is 5.19. The third-order valence-electron chi connectivity index (χ3n) is 5.46. The minimum Gasteiger partial charge on any atom is -0.318 e. The number of hydrogen-bond acceptors (Lipinski definition) is 5. The number of thiophene rings is 1. The molecular formula is C24H21N5OS2. The second-order valence-electron chi connectivity index (χ2n) is 7.77. The Morgan fingerprint density at radius 2 is 1.91 bits per heavy atom. The molecule has 0 aliphatic carbocycles. The number of hydrogen-bond donors (Lipinski definition) is 1. The van der Waals surface area contributed by atoms with Gasteiger partial charge in [0, 0.05) is 28.4 Å².